The van der Waals surface area contributed by atoms with Gasteiger partial charge in [0, 0.05) is 16.9 Å². The molecule has 0 aromatic heterocycles. The lowest BCUT2D eigenvalue weighted by Crippen LogP contribution is -2.06. The number of nitrogens with one attached hydrogen (secondary N) is 1. The molecule has 18 heavy (non-hydrogen) atoms. The highest BCUT2D eigenvalue weighted by molar-refractivity contribution is 6.44. The van der Waals surface area contributed by atoms with Gasteiger partial charge in [-0.2, -0.15) is 0 Å². The first-order chi connectivity index (χ1) is 8.52. The second kappa shape index (κ2) is 7.90. The van der Waals surface area contributed by atoms with E-state index in [1.807, 2.05) is 25.1 Å². The van der Waals surface area contributed by atoms with Crippen LogP contribution in [0.5, 0.6) is 0 Å². The van der Waals surface area contributed by atoms with Gasteiger partial charge in [-0.05, 0) is 18.6 Å². The normalized spacial score (nSPS) is 10.7. The van der Waals surface area contributed by atoms with Crippen molar-refractivity contribution in [2.75, 3.05) is 17.8 Å². The zero-order chi connectivity index (χ0) is 13.5. The second-order valence-electron chi connectivity index (χ2n) is 3.93. The van der Waals surface area contributed by atoms with Crippen LogP contribution in [0.1, 0.15) is 11.1 Å². The summed E-state index contributed by atoms with van der Waals surface area (Å²) in [6, 6.07) is 6.04. The van der Waals surface area contributed by atoms with E-state index in [9.17, 15) is 0 Å². The summed E-state index contributed by atoms with van der Waals surface area (Å²) in [5.41, 5.74) is 3.86. The molecule has 100 valence electrons. The lowest BCUT2D eigenvalue weighted by atomic mass is 10.1. The molecule has 0 amide bonds. The summed E-state index contributed by atoms with van der Waals surface area (Å²) >= 11 is 16.9. The Labute approximate surface area is 123 Å². The summed E-state index contributed by atoms with van der Waals surface area (Å²) in [7, 11) is 0. The monoisotopic (exact) mass is 307 g/mol. The number of hydrogen-bond acceptors (Lipinski definition) is 2. The SMILES string of the molecule is C=C(CCl)Nc1cc(C)ccc1COCC(Cl)Cl. The highest BCUT2D eigenvalue weighted by atomic mass is 35.5. The molecule has 1 aromatic carbocycles. The third-order valence-electron chi connectivity index (χ3n) is 2.24. The summed E-state index contributed by atoms with van der Waals surface area (Å²) in [4.78, 5) is -0.510. The van der Waals surface area contributed by atoms with E-state index in [1.165, 1.54) is 0 Å². The van der Waals surface area contributed by atoms with Crippen molar-refractivity contribution < 1.29 is 4.74 Å². The zero-order valence-corrected chi connectivity index (χ0v) is 12.4. The third-order valence-corrected chi connectivity index (χ3v) is 2.81. The quantitative estimate of drug-likeness (QED) is 0.750. The molecule has 0 heterocycles. The Morgan fingerprint density at radius 3 is 2.78 bits per heavy atom. The third kappa shape index (κ3) is 5.49. The predicted molar refractivity (Wildman–Crippen MR) is 79.8 cm³/mol. The van der Waals surface area contributed by atoms with E-state index < -0.39 is 4.84 Å². The summed E-state index contributed by atoms with van der Waals surface area (Å²) in [6.07, 6.45) is 0. The Bertz CT molecular complexity index is 407. The smallest absolute Gasteiger partial charge is 0.131 e. The van der Waals surface area contributed by atoms with Gasteiger partial charge >= 0.3 is 0 Å². The number of allylic oxidation sites excluding steroid dienone is 1. The van der Waals surface area contributed by atoms with Crippen molar-refractivity contribution in [2.24, 2.45) is 0 Å². The molecule has 0 radical (unpaired) electrons. The molecule has 0 aliphatic heterocycles. The van der Waals surface area contributed by atoms with Gasteiger partial charge in [0.2, 0.25) is 0 Å². The fourth-order valence-electron chi connectivity index (χ4n) is 1.41. The molecule has 0 saturated heterocycles. The van der Waals surface area contributed by atoms with Crippen LogP contribution in [0, 0.1) is 6.92 Å². The largest absolute Gasteiger partial charge is 0.374 e. The van der Waals surface area contributed by atoms with E-state index in [1.54, 1.807) is 0 Å². The first kappa shape index (κ1) is 15.6. The Balaban J connectivity index is 2.73. The van der Waals surface area contributed by atoms with Crippen molar-refractivity contribution >= 4 is 40.5 Å². The second-order valence-corrected chi connectivity index (χ2v) is 5.47. The predicted octanol–water partition coefficient (Wildman–Crippen LogP) is 4.48. The van der Waals surface area contributed by atoms with Gasteiger partial charge in [-0.25, -0.2) is 0 Å². The number of rotatable bonds is 7. The molecule has 1 aromatic rings. The Hall–Kier alpha value is -0.410. The van der Waals surface area contributed by atoms with Crippen LogP contribution in [0.25, 0.3) is 0 Å². The average molecular weight is 309 g/mol. The van der Waals surface area contributed by atoms with Crippen LogP contribution in [-0.2, 0) is 11.3 Å². The number of hydrogen-bond donors (Lipinski definition) is 1. The van der Waals surface area contributed by atoms with Crippen molar-refractivity contribution in [1.29, 1.82) is 0 Å². The van der Waals surface area contributed by atoms with Crippen LogP contribution < -0.4 is 5.32 Å². The van der Waals surface area contributed by atoms with E-state index >= 15 is 0 Å². The molecular formula is C13H16Cl3NO. The van der Waals surface area contributed by atoms with Gasteiger partial charge in [0.1, 0.15) is 4.84 Å². The van der Waals surface area contributed by atoms with Crippen LogP contribution in [0.3, 0.4) is 0 Å². The molecule has 0 atom stereocenters. The number of halogens is 3. The lowest BCUT2D eigenvalue weighted by Gasteiger charge is -2.14. The maximum absolute atomic E-state index is 5.71. The standard InChI is InChI=1S/C13H16Cl3NO/c1-9-3-4-11(7-18-8-13(15)16)12(5-9)17-10(2)6-14/h3-5,13,17H,2,6-8H2,1H3. The summed E-state index contributed by atoms with van der Waals surface area (Å²) < 4.78 is 5.41. The van der Waals surface area contributed by atoms with E-state index in [0.29, 0.717) is 19.1 Å². The topological polar surface area (TPSA) is 21.3 Å². The van der Waals surface area contributed by atoms with Crippen molar-refractivity contribution in [1.82, 2.24) is 0 Å². The maximum Gasteiger partial charge on any atom is 0.131 e. The minimum Gasteiger partial charge on any atom is -0.374 e. The first-order valence-electron chi connectivity index (χ1n) is 5.49. The Kier molecular flexibility index (Phi) is 6.87. The zero-order valence-electron chi connectivity index (χ0n) is 10.2. The van der Waals surface area contributed by atoms with Gasteiger partial charge in [-0.1, -0.05) is 18.7 Å². The molecule has 2 nitrogen and oxygen atoms in total. The van der Waals surface area contributed by atoms with Gasteiger partial charge in [-0.15, -0.1) is 34.8 Å². The average Bonchev–Trinajstić information content (AvgIpc) is 2.31. The van der Waals surface area contributed by atoms with E-state index in [4.69, 9.17) is 39.5 Å². The number of anilines is 1. The molecule has 0 spiro atoms. The summed E-state index contributed by atoms with van der Waals surface area (Å²) in [5.74, 6) is 0.361. The molecule has 0 aliphatic carbocycles. The van der Waals surface area contributed by atoms with Crippen LogP contribution in [0.2, 0.25) is 0 Å². The Morgan fingerprint density at radius 2 is 2.17 bits per heavy atom. The maximum atomic E-state index is 5.71. The van der Waals surface area contributed by atoms with Crippen LogP contribution in [-0.4, -0.2) is 17.3 Å². The van der Waals surface area contributed by atoms with Crippen molar-refractivity contribution in [2.45, 2.75) is 18.4 Å². The molecule has 0 saturated carbocycles. The number of alkyl halides is 3. The van der Waals surface area contributed by atoms with E-state index in [0.717, 1.165) is 22.5 Å². The fourth-order valence-corrected chi connectivity index (χ4v) is 1.66. The highest BCUT2D eigenvalue weighted by Gasteiger charge is 2.05. The van der Waals surface area contributed by atoms with Gasteiger partial charge in [0.25, 0.3) is 0 Å². The molecule has 0 aliphatic rings. The van der Waals surface area contributed by atoms with E-state index in [-0.39, 0.29) is 0 Å². The Morgan fingerprint density at radius 1 is 1.44 bits per heavy atom. The molecule has 1 rings (SSSR count). The molecule has 0 fully saturated rings. The van der Waals surface area contributed by atoms with Gasteiger partial charge in [-0.3, -0.25) is 0 Å². The molecule has 5 heteroatoms. The number of benzene rings is 1. The number of ether oxygens (including phenoxy) is 1. The minimum atomic E-state index is -0.510. The summed E-state index contributed by atoms with van der Waals surface area (Å²) in [5, 5.41) is 3.17. The van der Waals surface area contributed by atoms with Crippen LogP contribution >= 0.6 is 34.8 Å². The molecule has 0 bridgehead atoms. The van der Waals surface area contributed by atoms with Crippen LogP contribution in [0.4, 0.5) is 5.69 Å². The minimum absolute atomic E-state index is 0.298. The van der Waals surface area contributed by atoms with Crippen molar-refractivity contribution in [3.63, 3.8) is 0 Å². The van der Waals surface area contributed by atoms with Gasteiger partial charge in [0.15, 0.2) is 0 Å². The molecule has 0 unspecified atom stereocenters. The molecule has 1 N–H and O–H groups in total. The summed E-state index contributed by atoms with van der Waals surface area (Å²) in [6.45, 7) is 6.58. The van der Waals surface area contributed by atoms with Gasteiger partial charge < -0.3 is 10.1 Å². The van der Waals surface area contributed by atoms with Crippen LogP contribution in [0.15, 0.2) is 30.5 Å². The first-order valence-corrected chi connectivity index (χ1v) is 6.90. The van der Waals surface area contributed by atoms with Crippen molar-refractivity contribution in [3.8, 4) is 0 Å². The molecular weight excluding hydrogens is 293 g/mol. The number of aryl methyl sites for hydroxylation is 1. The highest BCUT2D eigenvalue weighted by Crippen LogP contribution is 2.20. The van der Waals surface area contributed by atoms with E-state index in [2.05, 4.69) is 11.9 Å². The fraction of sp³-hybridized carbons (Fsp3) is 0.385. The van der Waals surface area contributed by atoms with Gasteiger partial charge in [0.05, 0.1) is 19.1 Å². The van der Waals surface area contributed by atoms with Crippen molar-refractivity contribution in [3.05, 3.63) is 41.6 Å². The lowest BCUT2D eigenvalue weighted by molar-refractivity contribution is 0.131.